The second kappa shape index (κ2) is 9.71. The Kier molecular flexibility index (Phi) is 10.8. The third-order valence-corrected chi connectivity index (χ3v) is 0.760. The van der Waals surface area contributed by atoms with Crippen molar-refractivity contribution in [2.75, 3.05) is 6.54 Å². The van der Waals surface area contributed by atoms with E-state index in [-0.39, 0.29) is 0 Å². The molecule has 0 spiro atoms. The largest absolute Gasteiger partial charge is 0.481 e. The molecule has 0 rings (SSSR count). The number of hydrogen-bond acceptors (Lipinski definition) is 3. The molecule has 0 saturated carbocycles. The first kappa shape index (κ1) is 13.3. The van der Waals surface area contributed by atoms with Gasteiger partial charge in [0.05, 0.1) is 0 Å². The molecule has 0 unspecified atom stereocenters. The lowest BCUT2D eigenvalue weighted by Gasteiger charge is -1.91. The van der Waals surface area contributed by atoms with Crippen molar-refractivity contribution in [2.45, 2.75) is 13.3 Å². The summed E-state index contributed by atoms with van der Waals surface area (Å²) in [6.07, 6.45) is 4.26. The molecule has 0 aromatic rings. The number of carboxylic acids is 1. The Morgan fingerprint density at radius 1 is 1.67 bits per heavy atom. The van der Waals surface area contributed by atoms with E-state index in [0.717, 1.165) is 19.0 Å². The van der Waals surface area contributed by atoms with Crippen molar-refractivity contribution in [3.8, 4) is 0 Å². The maximum atomic E-state index is 9.00. The van der Waals surface area contributed by atoms with Crippen molar-refractivity contribution in [2.24, 2.45) is 11.5 Å². The molecular formula is C8H16N2O2. The summed E-state index contributed by atoms with van der Waals surface area (Å²) in [4.78, 5) is 9.00. The summed E-state index contributed by atoms with van der Waals surface area (Å²) in [7, 11) is 0. The first-order chi connectivity index (χ1) is 5.54. The highest BCUT2D eigenvalue weighted by Gasteiger charge is 1.79. The Morgan fingerprint density at radius 3 is 2.33 bits per heavy atom. The molecule has 0 amide bonds. The monoisotopic (exact) mass is 172 g/mol. The zero-order valence-electron chi connectivity index (χ0n) is 7.29. The molecule has 0 aromatic heterocycles. The normalized spacial score (nSPS) is 9.67. The highest BCUT2D eigenvalue weighted by molar-refractivity contribution is 5.62. The predicted molar refractivity (Wildman–Crippen MR) is 49.4 cm³/mol. The Balaban J connectivity index is 0. The molecule has 0 aliphatic rings. The van der Waals surface area contributed by atoms with Crippen molar-refractivity contribution in [1.29, 1.82) is 0 Å². The van der Waals surface area contributed by atoms with E-state index >= 15 is 0 Å². The van der Waals surface area contributed by atoms with Crippen molar-refractivity contribution < 1.29 is 9.90 Å². The van der Waals surface area contributed by atoms with Gasteiger partial charge in [-0.2, -0.15) is 0 Å². The van der Waals surface area contributed by atoms with Gasteiger partial charge in [0, 0.05) is 25.6 Å². The van der Waals surface area contributed by atoms with Crippen molar-refractivity contribution in [3.05, 3.63) is 24.4 Å². The summed E-state index contributed by atoms with van der Waals surface area (Å²) in [6.45, 7) is 5.12. The fourth-order valence-corrected chi connectivity index (χ4v) is 0.401. The van der Waals surface area contributed by atoms with Gasteiger partial charge in [0.25, 0.3) is 5.97 Å². The first-order valence-corrected chi connectivity index (χ1v) is 3.49. The highest BCUT2D eigenvalue weighted by Crippen LogP contribution is 1.89. The van der Waals surface area contributed by atoms with Crippen molar-refractivity contribution in [1.82, 2.24) is 0 Å². The molecular weight excluding hydrogens is 156 g/mol. The number of carboxylic acid groups (broad SMARTS) is 1. The minimum Gasteiger partial charge on any atom is -0.481 e. The zero-order chi connectivity index (χ0) is 9.98. The lowest BCUT2D eigenvalue weighted by molar-refractivity contribution is -0.134. The summed E-state index contributed by atoms with van der Waals surface area (Å²) in [6, 6.07) is 0. The van der Waals surface area contributed by atoms with Crippen LogP contribution in [0.2, 0.25) is 0 Å². The molecule has 0 bridgehead atoms. The van der Waals surface area contributed by atoms with Gasteiger partial charge in [0.1, 0.15) is 0 Å². The summed E-state index contributed by atoms with van der Waals surface area (Å²) in [5.41, 5.74) is 11.4. The Hall–Kier alpha value is -1.29. The Labute approximate surface area is 72.6 Å². The van der Waals surface area contributed by atoms with Crippen LogP contribution in [0.25, 0.3) is 0 Å². The van der Waals surface area contributed by atoms with Gasteiger partial charge < -0.3 is 16.6 Å². The van der Waals surface area contributed by atoms with E-state index in [1.54, 1.807) is 12.2 Å². The molecule has 12 heavy (non-hydrogen) atoms. The second-order valence-corrected chi connectivity index (χ2v) is 2.03. The molecule has 4 heteroatoms. The quantitative estimate of drug-likeness (QED) is 0.539. The van der Waals surface area contributed by atoms with Crippen LogP contribution in [0.5, 0.6) is 0 Å². The van der Waals surface area contributed by atoms with Crippen LogP contribution < -0.4 is 11.5 Å². The molecule has 5 N–H and O–H groups in total. The van der Waals surface area contributed by atoms with E-state index in [1.807, 2.05) is 0 Å². The van der Waals surface area contributed by atoms with Gasteiger partial charge in [-0.25, -0.2) is 0 Å². The summed E-state index contributed by atoms with van der Waals surface area (Å²) >= 11 is 0. The smallest absolute Gasteiger partial charge is 0.300 e. The van der Waals surface area contributed by atoms with Crippen LogP contribution >= 0.6 is 0 Å². The van der Waals surface area contributed by atoms with Crippen LogP contribution in [0.15, 0.2) is 24.4 Å². The molecule has 0 fully saturated rings. The van der Waals surface area contributed by atoms with E-state index < -0.39 is 5.97 Å². The molecule has 0 saturated heterocycles. The van der Waals surface area contributed by atoms with Gasteiger partial charge in [0.15, 0.2) is 0 Å². The SMILES string of the molecule is C=CCC(N)=CCN.CC(=O)O. The van der Waals surface area contributed by atoms with E-state index in [2.05, 4.69) is 6.58 Å². The molecule has 0 heterocycles. The summed E-state index contributed by atoms with van der Waals surface area (Å²) < 4.78 is 0. The number of allylic oxidation sites excluding steroid dienone is 1. The minimum absolute atomic E-state index is 0.514. The molecule has 70 valence electrons. The summed E-state index contributed by atoms with van der Waals surface area (Å²) in [5, 5.41) is 7.42. The highest BCUT2D eigenvalue weighted by atomic mass is 16.4. The van der Waals surface area contributed by atoms with Crippen LogP contribution in [-0.4, -0.2) is 17.6 Å². The molecule has 0 aliphatic heterocycles. The molecule has 0 aromatic carbocycles. The van der Waals surface area contributed by atoms with Crippen molar-refractivity contribution in [3.63, 3.8) is 0 Å². The van der Waals surface area contributed by atoms with Crippen LogP contribution in [0.1, 0.15) is 13.3 Å². The van der Waals surface area contributed by atoms with Crippen LogP contribution in [0.3, 0.4) is 0 Å². The first-order valence-electron chi connectivity index (χ1n) is 3.49. The van der Waals surface area contributed by atoms with Crippen LogP contribution in [-0.2, 0) is 4.79 Å². The maximum absolute atomic E-state index is 9.00. The molecule has 4 nitrogen and oxygen atoms in total. The maximum Gasteiger partial charge on any atom is 0.300 e. The van der Waals surface area contributed by atoms with Gasteiger partial charge in [-0.3, -0.25) is 4.79 Å². The van der Waals surface area contributed by atoms with Gasteiger partial charge in [-0.1, -0.05) is 12.2 Å². The van der Waals surface area contributed by atoms with Crippen LogP contribution in [0.4, 0.5) is 0 Å². The Bertz CT molecular complexity index is 160. The summed E-state index contributed by atoms with van der Waals surface area (Å²) in [5.74, 6) is -0.833. The average Bonchev–Trinajstić information content (AvgIpc) is 1.87. The number of nitrogens with two attached hydrogens (primary N) is 2. The van der Waals surface area contributed by atoms with E-state index in [0.29, 0.717) is 6.54 Å². The number of carbonyl (C=O) groups is 1. The average molecular weight is 172 g/mol. The number of rotatable bonds is 3. The third-order valence-electron chi connectivity index (χ3n) is 0.760. The zero-order valence-corrected chi connectivity index (χ0v) is 7.29. The lowest BCUT2D eigenvalue weighted by Crippen LogP contribution is -2.01. The van der Waals surface area contributed by atoms with Gasteiger partial charge in [-0.05, 0) is 0 Å². The second-order valence-electron chi connectivity index (χ2n) is 2.03. The molecule has 0 aliphatic carbocycles. The van der Waals surface area contributed by atoms with E-state index in [9.17, 15) is 0 Å². The van der Waals surface area contributed by atoms with E-state index in [4.69, 9.17) is 21.4 Å². The molecule has 0 atom stereocenters. The topological polar surface area (TPSA) is 89.3 Å². The fraction of sp³-hybridized carbons (Fsp3) is 0.375. The number of hydrogen-bond donors (Lipinski definition) is 3. The van der Waals surface area contributed by atoms with Crippen LogP contribution in [0, 0.1) is 0 Å². The Morgan fingerprint density at radius 2 is 2.08 bits per heavy atom. The third kappa shape index (κ3) is 23.3. The van der Waals surface area contributed by atoms with Gasteiger partial charge in [-0.15, -0.1) is 6.58 Å². The predicted octanol–water partition coefficient (Wildman–Crippen LogP) is 0.455. The lowest BCUT2D eigenvalue weighted by atomic mass is 10.3. The standard InChI is InChI=1S/C6H12N2.C2H4O2/c1-2-3-6(8)4-5-7;1-2(3)4/h2,4H,1,3,5,7-8H2;1H3,(H,3,4). The van der Waals surface area contributed by atoms with E-state index in [1.165, 1.54) is 0 Å². The number of aliphatic carboxylic acids is 1. The van der Waals surface area contributed by atoms with Crippen molar-refractivity contribution >= 4 is 5.97 Å². The van der Waals surface area contributed by atoms with Gasteiger partial charge in [0.2, 0.25) is 0 Å². The molecule has 0 radical (unpaired) electrons. The fourth-order valence-electron chi connectivity index (χ4n) is 0.401. The van der Waals surface area contributed by atoms with Gasteiger partial charge >= 0.3 is 0 Å². The minimum atomic E-state index is -0.833.